The molecule has 17 heavy (non-hydrogen) atoms. The van der Waals surface area contributed by atoms with Crippen LogP contribution in [0.4, 0.5) is 4.39 Å². The Balaban J connectivity index is 2.97. The van der Waals surface area contributed by atoms with E-state index < -0.39 is 0 Å². The van der Waals surface area contributed by atoms with Crippen molar-refractivity contribution in [3.8, 4) is 0 Å². The van der Waals surface area contributed by atoms with Gasteiger partial charge >= 0.3 is 0 Å². The third-order valence-electron chi connectivity index (χ3n) is 3.30. The van der Waals surface area contributed by atoms with Gasteiger partial charge < -0.3 is 0 Å². The van der Waals surface area contributed by atoms with Gasteiger partial charge in [-0.1, -0.05) is 63.4 Å². The number of hydrogen-bond acceptors (Lipinski definition) is 0. The Morgan fingerprint density at radius 3 is 2.29 bits per heavy atom. The SMILES string of the molecule is CC(C)C(CBr)(CBr)Cc1ccc(Cl)c(F)c1. The first-order chi connectivity index (χ1) is 7.95. The molecule has 0 saturated carbocycles. The van der Waals surface area contributed by atoms with E-state index in [2.05, 4.69) is 45.7 Å². The molecule has 0 saturated heterocycles. The lowest BCUT2D eigenvalue weighted by molar-refractivity contribution is 0.267. The van der Waals surface area contributed by atoms with Gasteiger partial charge in [0.05, 0.1) is 5.02 Å². The average molecular weight is 387 g/mol. The van der Waals surface area contributed by atoms with Crippen molar-refractivity contribution in [2.75, 3.05) is 10.7 Å². The molecule has 0 atom stereocenters. The molecule has 0 aliphatic rings. The lowest BCUT2D eigenvalue weighted by Crippen LogP contribution is -2.33. The molecule has 0 nitrogen and oxygen atoms in total. The summed E-state index contributed by atoms with van der Waals surface area (Å²) in [5.41, 5.74) is 1.08. The summed E-state index contributed by atoms with van der Waals surface area (Å²) in [6.45, 7) is 4.38. The van der Waals surface area contributed by atoms with Crippen molar-refractivity contribution in [2.45, 2.75) is 20.3 Å². The van der Waals surface area contributed by atoms with E-state index in [1.165, 1.54) is 6.07 Å². The van der Waals surface area contributed by atoms with Crippen molar-refractivity contribution in [2.24, 2.45) is 11.3 Å². The van der Waals surface area contributed by atoms with Crippen molar-refractivity contribution in [1.29, 1.82) is 0 Å². The second kappa shape index (κ2) is 6.53. The summed E-state index contributed by atoms with van der Waals surface area (Å²) in [6, 6.07) is 5.05. The van der Waals surface area contributed by atoms with Gasteiger partial charge in [-0.3, -0.25) is 0 Å². The predicted octanol–water partition coefficient (Wildman–Crippen LogP) is 5.45. The van der Waals surface area contributed by atoms with Crippen LogP contribution in [0.2, 0.25) is 5.02 Å². The largest absolute Gasteiger partial charge is 0.205 e. The summed E-state index contributed by atoms with van der Waals surface area (Å²) >= 11 is 12.8. The van der Waals surface area contributed by atoms with E-state index >= 15 is 0 Å². The van der Waals surface area contributed by atoms with Crippen molar-refractivity contribution in [3.05, 3.63) is 34.6 Å². The molecular weight excluding hydrogens is 370 g/mol. The maximum Gasteiger partial charge on any atom is 0.142 e. The summed E-state index contributed by atoms with van der Waals surface area (Å²) in [7, 11) is 0. The van der Waals surface area contributed by atoms with E-state index in [9.17, 15) is 4.39 Å². The number of rotatable bonds is 5. The Morgan fingerprint density at radius 1 is 1.29 bits per heavy atom. The van der Waals surface area contributed by atoms with Gasteiger partial charge in [0.1, 0.15) is 5.82 Å². The second-order valence-corrected chi connectivity index (χ2v) is 6.24. The van der Waals surface area contributed by atoms with Crippen molar-refractivity contribution >= 4 is 43.5 Å². The molecule has 0 aliphatic heterocycles. The first-order valence-corrected chi connectivity index (χ1v) is 8.13. The fourth-order valence-electron chi connectivity index (χ4n) is 1.70. The van der Waals surface area contributed by atoms with Crippen LogP contribution in [0, 0.1) is 17.2 Å². The first kappa shape index (κ1) is 15.5. The van der Waals surface area contributed by atoms with E-state index in [1.807, 2.05) is 6.07 Å². The molecule has 4 heteroatoms. The van der Waals surface area contributed by atoms with E-state index in [0.29, 0.717) is 5.92 Å². The first-order valence-electron chi connectivity index (χ1n) is 5.51. The maximum absolute atomic E-state index is 13.4. The maximum atomic E-state index is 13.4. The van der Waals surface area contributed by atoms with Gasteiger partial charge in [0.25, 0.3) is 0 Å². The quantitative estimate of drug-likeness (QED) is 0.590. The molecular formula is C13H16Br2ClF. The zero-order chi connectivity index (χ0) is 13.1. The minimum Gasteiger partial charge on any atom is -0.205 e. The fraction of sp³-hybridized carbons (Fsp3) is 0.538. The van der Waals surface area contributed by atoms with Gasteiger partial charge in [-0.15, -0.1) is 0 Å². The van der Waals surface area contributed by atoms with Crippen molar-refractivity contribution in [1.82, 2.24) is 0 Å². The Labute approximate surface area is 124 Å². The molecule has 0 N–H and O–H groups in total. The number of hydrogen-bond donors (Lipinski definition) is 0. The molecule has 0 fully saturated rings. The van der Waals surface area contributed by atoms with Gasteiger partial charge in [0, 0.05) is 10.7 Å². The zero-order valence-corrected chi connectivity index (χ0v) is 13.9. The molecule has 96 valence electrons. The lowest BCUT2D eigenvalue weighted by Gasteiger charge is -2.34. The van der Waals surface area contributed by atoms with Crippen LogP contribution in [-0.2, 0) is 6.42 Å². The van der Waals surface area contributed by atoms with Crippen LogP contribution >= 0.6 is 43.5 Å². The highest BCUT2D eigenvalue weighted by Crippen LogP contribution is 2.36. The predicted molar refractivity (Wildman–Crippen MR) is 80.0 cm³/mol. The minimum atomic E-state index is -0.342. The van der Waals surface area contributed by atoms with Crippen LogP contribution in [0.5, 0.6) is 0 Å². The van der Waals surface area contributed by atoms with Crippen molar-refractivity contribution < 1.29 is 4.39 Å². The third kappa shape index (κ3) is 3.68. The Bertz CT molecular complexity index is 376. The molecule has 0 unspecified atom stereocenters. The number of alkyl halides is 2. The highest BCUT2D eigenvalue weighted by molar-refractivity contribution is 9.09. The standard InChI is InChI=1S/C13H16Br2ClF/c1-9(2)13(7-14,8-15)6-10-3-4-11(16)12(17)5-10/h3-5,9H,6-8H2,1-2H3. The van der Waals surface area contributed by atoms with E-state index in [0.717, 1.165) is 22.6 Å². The van der Waals surface area contributed by atoms with Crippen LogP contribution in [0.15, 0.2) is 18.2 Å². The molecule has 0 aliphatic carbocycles. The lowest BCUT2D eigenvalue weighted by atomic mass is 9.76. The number of benzene rings is 1. The molecule has 1 aromatic carbocycles. The summed E-state index contributed by atoms with van der Waals surface area (Å²) < 4.78 is 13.4. The highest BCUT2D eigenvalue weighted by Gasteiger charge is 2.32. The highest BCUT2D eigenvalue weighted by atomic mass is 79.9. The summed E-state index contributed by atoms with van der Waals surface area (Å²) in [5.74, 6) is 0.158. The Morgan fingerprint density at radius 2 is 1.88 bits per heavy atom. The summed E-state index contributed by atoms with van der Waals surface area (Å²) in [5, 5.41) is 1.95. The van der Waals surface area contributed by atoms with E-state index in [4.69, 9.17) is 11.6 Å². The average Bonchev–Trinajstić information content (AvgIpc) is 2.30. The molecule has 0 bridgehead atoms. The van der Waals surface area contributed by atoms with Crippen LogP contribution in [0.25, 0.3) is 0 Å². The molecule has 0 spiro atoms. The summed E-state index contributed by atoms with van der Waals surface area (Å²) in [6.07, 6.45) is 0.829. The van der Waals surface area contributed by atoms with Crippen LogP contribution < -0.4 is 0 Å². The minimum absolute atomic E-state index is 0.0975. The van der Waals surface area contributed by atoms with E-state index in [-0.39, 0.29) is 16.3 Å². The van der Waals surface area contributed by atoms with Gasteiger partial charge in [-0.05, 0) is 35.4 Å². The fourth-order valence-corrected chi connectivity index (χ4v) is 4.44. The molecule has 0 heterocycles. The second-order valence-electron chi connectivity index (χ2n) is 4.71. The van der Waals surface area contributed by atoms with Gasteiger partial charge in [-0.2, -0.15) is 0 Å². The summed E-state index contributed by atoms with van der Waals surface area (Å²) in [4.78, 5) is 0. The number of halogens is 4. The molecule has 0 amide bonds. The zero-order valence-electron chi connectivity index (χ0n) is 9.94. The van der Waals surface area contributed by atoms with Crippen molar-refractivity contribution in [3.63, 3.8) is 0 Å². The topological polar surface area (TPSA) is 0 Å². The van der Waals surface area contributed by atoms with Gasteiger partial charge in [0.15, 0.2) is 0 Å². The normalized spacial score (nSPS) is 12.2. The molecule has 0 radical (unpaired) electrons. The van der Waals surface area contributed by atoms with Gasteiger partial charge in [0.2, 0.25) is 0 Å². The molecule has 0 aromatic heterocycles. The third-order valence-corrected chi connectivity index (χ3v) is 5.84. The smallest absolute Gasteiger partial charge is 0.142 e. The Kier molecular flexibility index (Phi) is 5.94. The van der Waals surface area contributed by atoms with Crippen LogP contribution in [0.3, 0.4) is 0 Å². The van der Waals surface area contributed by atoms with E-state index in [1.54, 1.807) is 6.07 Å². The Hall–Kier alpha value is 0.400. The van der Waals surface area contributed by atoms with Crippen LogP contribution in [0.1, 0.15) is 19.4 Å². The molecule has 1 aromatic rings. The monoisotopic (exact) mass is 384 g/mol. The van der Waals surface area contributed by atoms with Gasteiger partial charge in [-0.25, -0.2) is 4.39 Å². The van der Waals surface area contributed by atoms with Crippen LogP contribution in [-0.4, -0.2) is 10.7 Å². The molecule has 1 rings (SSSR count).